The smallest absolute Gasteiger partial charge is 0.333 e. The monoisotopic (exact) mass is 464 g/mol. The maximum absolute atomic E-state index is 12.9. The minimum absolute atomic E-state index is 0.102. The van der Waals surface area contributed by atoms with Crippen LogP contribution >= 0.6 is 0 Å². The highest BCUT2D eigenvalue weighted by Gasteiger charge is 2.26. The number of benzene rings is 2. The van der Waals surface area contributed by atoms with Crippen molar-refractivity contribution in [3.63, 3.8) is 0 Å². The molecule has 0 atom stereocenters. The molecule has 4 rings (SSSR count). The van der Waals surface area contributed by atoms with Crippen LogP contribution in [0, 0.1) is 0 Å². The normalized spacial score (nSPS) is 18.4. The van der Waals surface area contributed by atoms with Crippen LogP contribution in [0.3, 0.4) is 0 Å². The van der Waals surface area contributed by atoms with Crippen LogP contribution in [0.4, 0.5) is 4.79 Å². The van der Waals surface area contributed by atoms with Gasteiger partial charge < -0.3 is 5.32 Å². The molecule has 3 amide bonds. The van der Waals surface area contributed by atoms with E-state index in [-0.39, 0.29) is 18.1 Å². The molecule has 0 radical (unpaired) electrons. The molecule has 0 aliphatic carbocycles. The molecular formula is C26H36N6O2. The van der Waals surface area contributed by atoms with E-state index in [0.29, 0.717) is 6.41 Å². The van der Waals surface area contributed by atoms with E-state index < -0.39 is 0 Å². The fraction of sp³-hybridized carbons (Fsp3) is 0.462. The van der Waals surface area contributed by atoms with Crippen LogP contribution in [0.15, 0.2) is 60.7 Å². The van der Waals surface area contributed by atoms with E-state index in [1.165, 1.54) is 16.2 Å². The summed E-state index contributed by atoms with van der Waals surface area (Å²) in [6, 6.07) is 20.9. The number of hydrazine groups is 2. The van der Waals surface area contributed by atoms with E-state index in [0.717, 1.165) is 65.0 Å². The molecule has 0 saturated carbocycles. The lowest BCUT2D eigenvalue weighted by Crippen LogP contribution is -2.61. The second-order valence-electron chi connectivity index (χ2n) is 9.23. The van der Waals surface area contributed by atoms with Crippen molar-refractivity contribution in [3.8, 4) is 0 Å². The highest BCUT2D eigenvalue weighted by Crippen LogP contribution is 2.16. The Labute approximate surface area is 202 Å². The molecule has 182 valence electrons. The molecule has 2 aliphatic heterocycles. The van der Waals surface area contributed by atoms with Crippen molar-refractivity contribution >= 4 is 12.4 Å². The first-order valence-electron chi connectivity index (χ1n) is 12.3. The minimum Gasteiger partial charge on any atom is -0.333 e. The summed E-state index contributed by atoms with van der Waals surface area (Å²) in [5.74, 6) is 0. The van der Waals surface area contributed by atoms with Gasteiger partial charge in [0.2, 0.25) is 6.41 Å². The summed E-state index contributed by atoms with van der Waals surface area (Å²) in [4.78, 5) is 28.8. The van der Waals surface area contributed by atoms with Crippen LogP contribution in [0.1, 0.15) is 36.8 Å². The Kier molecular flexibility index (Phi) is 8.90. The number of carbonyl (C=O) groups is 2. The van der Waals surface area contributed by atoms with Crippen LogP contribution < -0.4 is 16.2 Å². The Balaban J connectivity index is 1.19. The fourth-order valence-electron chi connectivity index (χ4n) is 4.77. The number of carbonyl (C=O) groups excluding carboxylic acids is 2. The Hall–Kier alpha value is -2.94. The molecule has 2 saturated heterocycles. The Bertz CT molecular complexity index is 881. The number of rotatable bonds is 9. The van der Waals surface area contributed by atoms with Crippen molar-refractivity contribution in [3.05, 3.63) is 71.8 Å². The quantitative estimate of drug-likeness (QED) is 0.393. The highest BCUT2D eigenvalue weighted by atomic mass is 16.2. The van der Waals surface area contributed by atoms with E-state index in [1.54, 1.807) is 0 Å². The summed E-state index contributed by atoms with van der Waals surface area (Å²) in [7, 11) is 0. The van der Waals surface area contributed by atoms with Gasteiger partial charge in [0.1, 0.15) is 0 Å². The maximum atomic E-state index is 12.9. The molecule has 2 heterocycles. The Morgan fingerprint density at radius 3 is 1.74 bits per heavy atom. The first kappa shape index (κ1) is 24.2. The first-order chi connectivity index (χ1) is 16.7. The van der Waals surface area contributed by atoms with Crippen molar-refractivity contribution in [1.82, 2.24) is 31.1 Å². The average molecular weight is 465 g/mol. The fourth-order valence-corrected chi connectivity index (χ4v) is 4.77. The number of piperidine rings is 2. The molecule has 8 nitrogen and oxygen atoms in total. The van der Waals surface area contributed by atoms with Gasteiger partial charge in [0.05, 0.1) is 0 Å². The number of amides is 3. The van der Waals surface area contributed by atoms with Crippen molar-refractivity contribution < 1.29 is 9.59 Å². The summed E-state index contributed by atoms with van der Waals surface area (Å²) in [6.45, 7) is 5.65. The van der Waals surface area contributed by atoms with Crippen LogP contribution in [0.5, 0.6) is 0 Å². The van der Waals surface area contributed by atoms with Gasteiger partial charge in [-0.05, 0) is 36.8 Å². The summed E-state index contributed by atoms with van der Waals surface area (Å²) >= 11 is 0. The van der Waals surface area contributed by atoms with Crippen molar-refractivity contribution in [2.45, 2.75) is 50.9 Å². The summed E-state index contributed by atoms with van der Waals surface area (Å²) in [5.41, 5.74) is 8.35. The molecule has 2 fully saturated rings. The lowest BCUT2D eigenvalue weighted by Gasteiger charge is -2.36. The molecule has 0 bridgehead atoms. The van der Waals surface area contributed by atoms with Crippen LogP contribution in [-0.2, 0) is 17.9 Å². The number of nitrogens with one attached hydrogen (secondary N) is 3. The van der Waals surface area contributed by atoms with Crippen molar-refractivity contribution in [1.29, 1.82) is 0 Å². The van der Waals surface area contributed by atoms with Crippen molar-refractivity contribution in [2.24, 2.45) is 0 Å². The zero-order valence-corrected chi connectivity index (χ0v) is 19.7. The molecule has 0 unspecified atom stereocenters. The summed E-state index contributed by atoms with van der Waals surface area (Å²) in [6.07, 6.45) is 4.15. The van der Waals surface area contributed by atoms with Gasteiger partial charge in [0, 0.05) is 51.4 Å². The van der Waals surface area contributed by atoms with Crippen LogP contribution in [0.25, 0.3) is 0 Å². The zero-order valence-electron chi connectivity index (χ0n) is 19.7. The lowest BCUT2D eigenvalue weighted by molar-refractivity contribution is -0.114. The molecule has 2 aromatic rings. The second kappa shape index (κ2) is 12.5. The predicted molar refractivity (Wildman–Crippen MR) is 132 cm³/mol. The van der Waals surface area contributed by atoms with Gasteiger partial charge in [0.25, 0.3) is 0 Å². The van der Waals surface area contributed by atoms with Gasteiger partial charge in [0.15, 0.2) is 0 Å². The third kappa shape index (κ3) is 7.28. The number of hydrogen-bond acceptors (Lipinski definition) is 5. The van der Waals surface area contributed by atoms with Gasteiger partial charge in [-0.15, -0.1) is 0 Å². The third-order valence-electron chi connectivity index (χ3n) is 6.70. The Morgan fingerprint density at radius 1 is 0.794 bits per heavy atom. The van der Waals surface area contributed by atoms with Gasteiger partial charge in [-0.3, -0.25) is 20.0 Å². The highest BCUT2D eigenvalue weighted by molar-refractivity contribution is 5.75. The minimum atomic E-state index is -0.305. The van der Waals surface area contributed by atoms with Crippen LogP contribution in [0.2, 0.25) is 0 Å². The molecule has 8 heteroatoms. The second-order valence-corrected chi connectivity index (χ2v) is 9.23. The predicted octanol–water partition coefficient (Wildman–Crippen LogP) is 2.49. The topological polar surface area (TPSA) is 80.0 Å². The number of nitrogens with zero attached hydrogens (tertiary/aromatic N) is 3. The molecule has 0 aromatic heterocycles. The van der Waals surface area contributed by atoms with Gasteiger partial charge >= 0.3 is 6.03 Å². The van der Waals surface area contributed by atoms with Crippen molar-refractivity contribution in [2.75, 3.05) is 26.2 Å². The molecule has 3 N–H and O–H groups in total. The van der Waals surface area contributed by atoms with Gasteiger partial charge in [-0.2, -0.15) is 5.12 Å². The molecular weight excluding hydrogens is 428 g/mol. The van der Waals surface area contributed by atoms with E-state index in [1.807, 2.05) is 12.1 Å². The Morgan fingerprint density at radius 2 is 1.26 bits per heavy atom. The third-order valence-corrected chi connectivity index (χ3v) is 6.70. The van der Waals surface area contributed by atoms with E-state index in [2.05, 4.69) is 74.5 Å². The maximum Gasteiger partial charge on any atom is 0.351 e. The zero-order chi connectivity index (χ0) is 23.6. The lowest BCUT2D eigenvalue weighted by atomic mass is 10.0. The average Bonchev–Trinajstić information content (AvgIpc) is 2.87. The van der Waals surface area contributed by atoms with E-state index >= 15 is 0 Å². The summed E-state index contributed by atoms with van der Waals surface area (Å²) in [5, 5.41) is 4.31. The summed E-state index contributed by atoms with van der Waals surface area (Å²) < 4.78 is 0. The van der Waals surface area contributed by atoms with Gasteiger partial charge in [-0.1, -0.05) is 60.7 Å². The standard InChI is InChI=1S/C26H36N6O2/c33-21-27-32(29-25-13-17-31(18-14-25)20-23-9-5-2-6-10-23)26(34)28-24-11-15-30(16-12-24)19-22-7-3-1-4-8-22/h1-10,21,24-25,29H,11-20H2,(H,27,33)(H,28,34). The molecule has 2 aliphatic rings. The van der Waals surface area contributed by atoms with Crippen LogP contribution in [-0.4, -0.2) is 65.6 Å². The molecule has 34 heavy (non-hydrogen) atoms. The largest absolute Gasteiger partial charge is 0.351 e. The number of hydrogen-bond donors (Lipinski definition) is 3. The molecule has 0 spiro atoms. The first-order valence-corrected chi connectivity index (χ1v) is 12.3. The SMILES string of the molecule is O=CNN(NC1CCN(Cc2ccccc2)CC1)C(=O)NC1CCN(Cc2ccccc2)CC1. The number of likely N-dealkylation sites (tertiary alicyclic amines) is 2. The number of urea groups is 1. The van der Waals surface area contributed by atoms with Gasteiger partial charge in [-0.25, -0.2) is 10.2 Å². The van der Waals surface area contributed by atoms with E-state index in [4.69, 9.17) is 0 Å². The van der Waals surface area contributed by atoms with E-state index in [9.17, 15) is 9.59 Å². The molecule has 2 aromatic carbocycles.